The van der Waals surface area contributed by atoms with Crippen molar-refractivity contribution < 1.29 is 19.1 Å². The van der Waals surface area contributed by atoms with E-state index in [9.17, 15) is 9.59 Å². The summed E-state index contributed by atoms with van der Waals surface area (Å²) in [5, 5.41) is 0. The van der Waals surface area contributed by atoms with Crippen molar-refractivity contribution in [2.45, 2.75) is 10.5 Å². The molecule has 6 heteroatoms. The van der Waals surface area contributed by atoms with Crippen LogP contribution in [0.3, 0.4) is 0 Å². The Morgan fingerprint density at radius 1 is 0.857 bits per heavy atom. The Bertz CT molecular complexity index is 877. The summed E-state index contributed by atoms with van der Waals surface area (Å²) in [6.07, 6.45) is 4.72. The zero-order valence-electron chi connectivity index (χ0n) is 15.6. The fourth-order valence-corrected chi connectivity index (χ4v) is 5.95. The molecule has 144 valence electrons. The number of benzene rings is 2. The molecule has 0 spiro atoms. The van der Waals surface area contributed by atoms with Gasteiger partial charge in [0.15, 0.2) is 0 Å². The molecule has 2 aromatic carbocycles. The molecule has 1 aliphatic heterocycles. The van der Waals surface area contributed by atoms with Crippen molar-refractivity contribution >= 4 is 41.5 Å². The zero-order chi connectivity index (χ0) is 20.0. The second kappa shape index (κ2) is 9.17. The first-order chi connectivity index (χ1) is 13.6. The summed E-state index contributed by atoms with van der Waals surface area (Å²) in [5.74, 6) is -1.05. The molecule has 4 nitrogen and oxygen atoms in total. The molecule has 0 radical (unpaired) electrons. The number of ether oxygens (including phenoxy) is 2. The lowest BCUT2D eigenvalue weighted by molar-refractivity contribution is -0.138. The van der Waals surface area contributed by atoms with E-state index in [1.165, 1.54) is 37.7 Å². The first-order valence-corrected chi connectivity index (χ1v) is 10.3. The summed E-state index contributed by atoms with van der Waals surface area (Å²) >= 11 is 2.69. The van der Waals surface area contributed by atoms with Gasteiger partial charge in [0.1, 0.15) is 9.81 Å². The smallest absolute Gasteiger partial charge is 0.345 e. The molecular formula is C22H20O4S2. The van der Waals surface area contributed by atoms with Crippen LogP contribution < -0.4 is 0 Å². The Balaban J connectivity index is 1.96. The van der Waals surface area contributed by atoms with E-state index in [1.807, 2.05) is 66.7 Å². The molecule has 2 aromatic rings. The number of carbonyl (C=O) groups is 2. The van der Waals surface area contributed by atoms with Crippen molar-refractivity contribution in [3.05, 3.63) is 87.7 Å². The molecule has 0 amide bonds. The zero-order valence-corrected chi connectivity index (χ0v) is 17.2. The van der Waals surface area contributed by atoms with Crippen LogP contribution >= 0.6 is 23.5 Å². The molecule has 0 unspecified atom stereocenters. The third kappa shape index (κ3) is 4.34. The van der Waals surface area contributed by atoms with E-state index in [0.717, 1.165) is 11.1 Å². The fraction of sp³-hybridized carbons (Fsp3) is 0.182. The predicted octanol–water partition coefficient (Wildman–Crippen LogP) is 4.98. The maximum atomic E-state index is 12.3. The van der Waals surface area contributed by atoms with Crippen LogP contribution in [0.2, 0.25) is 0 Å². The molecule has 0 bridgehead atoms. The van der Waals surface area contributed by atoms with Crippen LogP contribution in [0.4, 0.5) is 0 Å². The van der Waals surface area contributed by atoms with Gasteiger partial charge in [-0.2, -0.15) is 0 Å². The van der Waals surface area contributed by atoms with Crippen LogP contribution in [0.5, 0.6) is 0 Å². The van der Waals surface area contributed by atoms with Gasteiger partial charge in [-0.1, -0.05) is 96.3 Å². The van der Waals surface area contributed by atoms with E-state index in [1.54, 1.807) is 0 Å². The highest BCUT2D eigenvalue weighted by atomic mass is 32.2. The van der Waals surface area contributed by atoms with E-state index in [4.69, 9.17) is 9.47 Å². The first kappa shape index (κ1) is 20.3. The van der Waals surface area contributed by atoms with Crippen LogP contribution in [0, 0.1) is 0 Å². The second-order valence-corrected chi connectivity index (χ2v) is 8.86. The molecule has 0 saturated carbocycles. The fourth-order valence-electron chi connectivity index (χ4n) is 2.82. The molecule has 1 heterocycles. The highest BCUT2D eigenvalue weighted by molar-refractivity contribution is 8.24. The van der Waals surface area contributed by atoms with E-state index in [2.05, 4.69) is 6.08 Å². The maximum Gasteiger partial charge on any atom is 0.345 e. The Morgan fingerprint density at radius 3 is 1.86 bits per heavy atom. The van der Waals surface area contributed by atoms with Gasteiger partial charge in [-0.15, -0.1) is 0 Å². The molecule has 0 atom stereocenters. The van der Waals surface area contributed by atoms with Crippen LogP contribution in [-0.2, 0) is 23.1 Å². The van der Waals surface area contributed by atoms with Gasteiger partial charge >= 0.3 is 11.9 Å². The topological polar surface area (TPSA) is 52.6 Å². The van der Waals surface area contributed by atoms with E-state index in [-0.39, 0.29) is 9.81 Å². The summed E-state index contributed by atoms with van der Waals surface area (Å²) < 4.78 is 9.25. The van der Waals surface area contributed by atoms with Gasteiger partial charge in [-0.3, -0.25) is 0 Å². The summed E-state index contributed by atoms with van der Waals surface area (Å²) in [6.45, 7) is 0. The lowest BCUT2D eigenvalue weighted by atomic mass is 10.1. The second-order valence-electron chi connectivity index (χ2n) is 5.98. The number of carbonyl (C=O) groups excluding carboxylic acids is 2. The quantitative estimate of drug-likeness (QED) is 0.624. The number of hydrogen-bond donors (Lipinski definition) is 0. The van der Waals surface area contributed by atoms with Crippen LogP contribution in [0.1, 0.15) is 17.5 Å². The Morgan fingerprint density at radius 2 is 1.36 bits per heavy atom. The van der Waals surface area contributed by atoms with Crippen LogP contribution in [0.25, 0.3) is 6.08 Å². The van der Waals surface area contributed by atoms with E-state index in [0.29, 0.717) is 6.42 Å². The largest absolute Gasteiger partial charge is 0.465 e. The Kier molecular flexibility index (Phi) is 6.65. The third-order valence-electron chi connectivity index (χ3n) is 4.19. The number of methoxy groups -OCH3 is 2. The molecule has 28 heavy (non-hydrogen) atoms. The third-order valence-corrected chi connectivity index (χ3v) is 7.43. The minimum Gasteiger partial charge on any atom is -0.465 e. The number of allylic oxidation sites excluding steroid dienone is 1. The SMILES string of the molecule is COC(=O)C1=C(C(=O)OC)SC(C/C=C/c2ccccc2)(c2ccccc2)S1. The van der Waals surface area contributed by atoms with Gasteiger partial charge in [-0.25, -0.2) is 9.59 Å². The van der Waals surface area contributed by atoms with Crippen molar-refractivity contribution in [3.8, 4) is 0 Å². The predicted molar refractivity (Wildman–Crippen MR) is 114 cm³/mol. The van der Waals surface area contributed by atoms with Crippen molar-refractivity contribution in [1.82, 2.24) is 0 Å². The molecule has 0 fully saturated rings. The molecule has 3 rings (SSSR count). The van der Waals surface area contributed by atoms with Crippen molar-refractivity contribution in [2.24, 2.45) is 0 Å². The van der Waals surface area contributed by atoms with Crippen LogP contribution in [-0.4, -0.2) is 26.2 Å². The number of rotatable bonds is 6. The van der Waals surface area contributed by atoms with Gasteiger partial charge in [0.25, 0.3) is 0 Å². The van der Waals surface area contributed by atoms with Crippen molar-refractivity contribution in [3.63, 3.8) is 0 Å². The monoisotopic (exact) mass is 412 g/mol. The summed E-state index contributed by atoms with van der Waals surface area (Å²) in [7, 11) is 2.63. The minimum atomic E-state index is -0.556. The highest BCUT2D eigenvalue weighted by Gasteiger charge is 2.46. The van der Waals surface area contributed by atoms with Gasteiger partial charge in [0.2, 0.25) is 0 Å². The lowest BCUT2D eigenvalue weighted by Gasteiger charge is -2.27. The first-order valence-electron chi connectivity index (χ1n) is 8.65. The molecular weight excluding hydrogens is 392 g/mol. The standard InChI is InChI=1S/C22H20O4S2/c1-25-20(23)18-19(21(24)26-2)28-22(27-18,17-13-7-4-8-14-17)15-9-12-16-10-5-3-6-11-16/h3-14H,15H2,1-2H3/b12-9+. The van der Waals surface area contributed by atoms with E-state index >= 15 is 0 Å². The molecule has 0 aliphatic carbocycles. The summed E-state index contributed by atoms with van der Waals surface area (Å²) in [5.41, 5.74) is 2.11. The molecule has 1 aliphatic rings. The van der Waals surface area contributed by atoms with Gasteiger partial charge in [0.05, 0.1) is 18.3 Å². The molecule has 0 N–H and O–H groups in total. The molecule has 0 saturated heterocycles. The molecule has 0 aromatic heterocycles. The van der Waals surface area contributed by atoms with E-state index < -0.39 is 16.0 Å². The van der Waals surface area contributed by atoms with Gasteiger partial charge in [-0.05, 0) is 17.5 Å². The van der Waals surface area contributed by atoms with Crippen molar-refractivity contribution in [1.29, 1.82) is 0 Å². The normalized spacial score (nSPS) is 15.6. The number of hydrogen-bond acceptors (Lipinski definition) is 6. The minimum absolute atomic E-state index is 0.288. The van der Waals surface area contributed by atoms with Gasteiger partial charge < -0.3 is 9.47 Å². The Hall–Kier alpha value is -2.44. The van der Waals surface area contributed by atoms with Crippen LogP contribution in [0.15, 0.2) is 76.5 Å². The lowest BCUT2D eigenvalue weighted by Crippen LogP contribution is -2.15. The highest BCUT2D eigenvalue weighted by Crippen LogP contribution is 2.62. The van der Waals surface area contributed by atoms with Gasteiger partial charge in [0, 0.05) is 0 Å². The summed E-state index contributed by atoms with van der Waals surface area (Å²) in [4.78, 5) is 25.2. The average molecular weight is 413 g/mol. The number of thioether (sulfide) groups is 2. The Labute approximate surface area is 173 Å². The number of esters is 2. The average Bonchev–Trinajstić information content (AvgIpc) is 3.15. The van der Waals surface area contributed by atoms with Crippen molar-refractivity contribution in [2.75, 3.05) is 14.2 Å². The maximum absolute atomic E-state index is 12.3. The summed E-state index contributed by atoms with van der Waals surface area (Å²) in [6, 6.07) is 19.8.